The van der Waals surface area contributed by atoms with E-state index in [9.17, 15) is 19.8 Å². The molecule has 1 amide bonds. The molecule has 0 saturated carbocycles. The number of hydrogen-bond donors (Lipinski definition) is 2. The minimum atomic E-state index is -1.00. The van der Waals surface area contributed by atoms with Crippen molar-refractivity contribution in [2.45, 2.75) is 32.2 Å². The number of para-hydroxylation sites is 1. The SMILES string of the molecule is COc1ccccc1/C(O)=C1\C(=O)C(=O)N(c2cc(Cl)ccc2O)C1c1ccc(C(C)(C)C)cc1. The Morgan fingerprint density at radius 2 is 1.66 bits per heavy atom. The number of ether oxygens (including phenoxy) is 1. The summed E-state index contributed by atoms with van der Waals surface area (Å²) in [6.45, 7) is 6.25. The third kappa shape index (κ3) is 4.37. The van der Waals surface area contributed by atoms with Crippen LogP contribution < -0.4 is 9.64 Å². The number of hydrogen-bond acceptors (Lipinski definition) is 5. The highest BCUT2D eigenvalue weighted by molar-refractivity contribution is 6.52. The Hall–Kier alpha value is -3.77. The summed E-state index contributed by atoms with van der Waals surface area (Å²) in [4.78, 5) is 27.8. The highest BCUT2D eigenvalue weighted by Gasteiger charge is 2.48. The summed E-state index contributed by atoms with van der Waals surface area (Å²) in [6, 6.07) is 17.5. The number of aliphatic hydroxyl groups excluding tert-OH is 1. The number of phenolic OH excluding ortho intramolecular Hbond substituents is 1. The molecule has 1 unspecified atom stereocenters. The van der Waals surface area contributed by atoms with Gasteiger partial charge in [-0.1, -0.05) is 68.8 Å². The number of aromatic hydroxyl groups is 1. The molecule has 0 bridgehead atoms. The zero-order valence-electron chi connectivity index (χ0n) is 19.9. The van der Waals surface area contributed by atoms with Crippen LogP contribution in [0.2, 0.25) is 5.02 Å². The largest absolute Gasteiger partial charge is 0.507 e. The van der Waals surface area contributed by atoms with E-state index >= 15 is 0 Å². The molecule has 1 saturated heterocycles. The van der Waals surface area contributed by atoms with Crippen molar-refractivity contribution in [3.05, 3.63) is 94.0 Å². The molecule has 3 aromatic rings. The Labute approximate surface area is 209 Å². The Morgan fingerprint density at radius 3 is 2.29 bits per heavy atom. The van der Waals surface area contributed by atoms with E-state index in [0.29, 0.717) is 11.3 Å². The number of phenols is 1. The molecule has 1 aliphatic heterocycles. The zero-order valence-corrected chi connectivity index (χ0v) is 20.6. The number of aliphatic hydroxyl groups is 1. The molecular formula is C28H26ClNO5. The van der Waals surface area contributed by atoms with Gasteiger partial charge in [0.2, 0.25) is 0 Å². The number of Topliss-reactive ketones (excluding diaryl/α,β-unsaturated/α-hetero) is 1. The average Bonchev–Trinajstić information content (AvgIpc) is 3.10. The van der Waals surface area contributed by atoms with E-state index in [0.717, 1.165) is 5.56 Å². The summed E-state index contributed by atoms with van der Waals surface area (Å²) in [5, 5.41) is 22.2. The number of ketones is 1. The van der Waals surface area contributed by atoms with Crippen molar-refractivity contribution in [2.24, 2.45) is 0 Å². The van der Waals surface area contributed by atoms with Crippen LogP contribution >= 0.6 is 11.6 Å². The number of halogens is 1. The van der Waals surface area contributed by atoms with Gasteiger partial charge in [0.05, 0.1) is 30.0 Å². The molecule has 35 heavy (non-hydrogen) atoms. The Balaban J connectivity index is 1.99. The molecule has 1 heterocycles. The fourth-order valence-electron chi connectivity index (χ4n) is 4.24. The van der Waals surface area contributed by atoms with Crippen LogP contribution in [-0.4, -0.2) is 29.0 Å². The van der Waals surface area contributed by atoms with Gasteiger partial charge in [-0.3, -0.25) is 14.5 Å². The first-order valence-corrected chi connectivity index (χ1v) is 11.5. The normalized spacial score (nSPS) is 17.6. The molecule has 6 nitrogen and oxygen atoms in total. The third-order valence-electron chi connectivity index (χ3n) is 6.10. The topological polar surface area (TPSA) is 87.1 Å². The van der Waals surface area contributed by atoms with Gasteiger partial charge in [-0.25, -0.2) is 0 Å². The van der Waals surface area contributed by atoms with E-state index in [-0.39, 0.29) is 38.8 Å². The molecule has 1 aliphatic rings. The highest BCUT2D eigenvalue weighted by Crippen LogP contribution is 2.46. The second kappa shape index (κ2) is 9.12. The number of methoxy groups -OCH3 is 1. The molecule has 1 atom stereocenters. The lowest BCUT2D eigenvalue weighted by Gasteiger charge is -2.27. The third-order valence-corrected chi connectivity index (χ3v) is 6.33. The van der Waals surface area contributed by atoms with Crippen molar-refractivity contribution in [2.75, 3.05) is 12.0 Å². The standard InChI is InChI=1S/C28H26ClNO5/c1-28(2,3)17-11-9-16(10-12-17)24-23(25(32)19-7-5-6-8-22(19)35-4)26(33)27(34)30(24)20-15-18(29)13-14-21(20)31/h5-15,24,31-32H,1-4H3/b25-23+. The number of carbonyl (C=O) groups excluding carboxylic acids is 2. The molecule has 1 fully saturated rings. The molecular weight excluding hydrogens is 466 g/mol. The molecule has 0 aromatic heterocycles. The number of anilines is 1. The molecule has 4 rings (SSSR count). The monoisotopic (exact) mass is 491 g/mol. The van der Waals surface area contributed by atoms with Gasteiger partial charge >= 0.3 is 0 Å². The fourth-order valence-corrected chi connectivity index (χ4v) is 4.40. The lowest BCUT2D eigenvalue weighted by atomic mass is 9.85. The van der Waals surface area contributed by atoms with Crippen LogP contribution in [0.1, 0.15) is 43.5 Å². The van der Waals surface area contributed by atoms with Gasteiger partial charge in [0.25, 0.3) is 11.7 Å². The Bertz CT molecular complexity index is 1340. The molecule has 2 N–H and O–H groups in total. The number of amides is 1. The summed E-state index contributed by atoms with van der Waals surface area (Å²) in [5.74, 6) is -2.00. The van der Waals surface area contributed by atoms with E-state index in [1.807, 2.05) is 24.3 Å². The zero-order chi connectivity index (χ0) is 25.5. The van der Waals surface area contributed by atoms with Gasteiger partial charge in [0, 0.05) is 5.02 Å². The quantitative estimate of drug-likeness (QED) is 0.266. The molecule has 0 aliphatic carbocycles. The maximum atomic E-state index is 13.3. The van der Waals surface area contributed by atoms with Crippen molar-refractivity contribution in [3.63, 3.8) is 0 Å². The molecule has 0 radical (unpaired) electrons. The fraction of sp³-hybridized carbons (Fsp3) is 0.214. The van der Waals surface area contributed by atoms with Crippen molar-refractivity contribution in [3.8, 4) is 11.5 Å². The first-order chi connectivity index (χ1) is 16.5. The number of carbonyl (C=O) groups is 2. The Kier molecular flexibility index (Phi) is 6.34. The van der Waals surface area contributed by atoms with Gasteiger partial charge in [-0.2, -0.15) is 0 Å². The Morgan fingerprint density at radius 1 is 1.00 bits per heavy atom. The van der Waals surface area contributed by atoms with Gasteiger partial charge in [-0.05, 0) is 46.9 Å². The summed E-state index contributed by atoms with van der Waals surface area (Å²) in [5.41, 5.74) is 1.79. The first-order valence-electron chi connectivity index (χ1n) is 11.1. The highest BCUT2D eigenvalue weighted by atomic mass is 35.5. The van der Waals surface area contributed by atoms with Crippen LogP contribution in [0.15, 0.2) is 72.3 Å². The maximum absolute atomic E-state index is 13.3. The van der Waals surface area contributed by atoms with E-state index in [1.165, 1.54) is 30.2 Å². The predicted octanol–water partition coefficient (Wildman–Crippen LogP) is 5.98. The minimum absolute atomic E-state index is 0.0728. The second-order valence-electron chi connectivity index (χ2n) is 9.37. The summed E-state index contributed by atoms with van der Waals surface area (Å²) >= 11 is 6.17. The summed E-state index contributed by atoms with van der Waals surface area (Å²) in [7, 11) is 1.46. The number of nitrogens with zero attached hydrogens (tertiary/aromatic N) is 1. The van der Waals surface area contributed by atoms with Crippen molar-refractivity contribution >= 4 is 34.7 Å². The van der Waals surface area contributed by atoms with E-state index in [1.54, 1.807) is 24.3 Å². The van der Waals surface area contributed by atoms with Crippen molar-refractivity contribution in [1.29, 1.82) is 0 Å². The van der Waals surface area contributed by atoms with Crippen LogP contribution in [-0.2, 0) is 15.0 Å². The molecule has 7 heteroatoms. The van der Waals surface area contributed by atoms with Crippen LogP contribution in [0.3, 0.4) is 0 Å². The van der Waals surface area contributed by atoms with Crippen LogP contribution in [0.4, 0.5) is 5.69 Å². The molecule has 3 aromatic carbocycles. The van der Waals surface area contributed by atoms with E-state index in [4.69, 9.17) is 16.3 Å². The summed E-state index contributed by atoms with van der Waals surface area (Å²) < 4.78 is 5.37. The van der Waals surface area contributed by atoms with Crippen LogP contribution in [0.25, 0.3) is 5.76 Å². The van der Waals surface area contributed by atoms with Crippen LogP contribution in [0, 0.1) is 0 Å². The van der Waals surface area contributed by atoms with Gasteiger partial charge in [-0.15, -0.1) is 0 Å². The lowest BCUT2D eigenvalue weighted by molar-refractivity contribution is -0.132. The molecule has 180 valence electrons. The number of benzene rings is 3. The second-order valence-corrected chi connectivity index (χ2v) is 9.81. The molecule has 0 spiro atoms. The average molecular weight is 492 g/mol. The van der Waals surface area contributed by atoms with E-state index in [2.05, 4.69) is 20.8 Å². The predicted molar refractivity (Wildman–Crippen MR) is 136 cm³/mol. The van der Waals surface area contributed by atoms with Gasteiger partial charge in [0.1, 0.15) is 17.3 Å². The van der Waals surface area contributed by atoms with Crippen molar-refractivity contribution in [1.82, 2.24) is 0 Å². The van der Waals surface area contributed by atoms with Gasteiger partial charge < -0.3 is 14.9 Å². The lowest BCUT2D eigenvalue weighted by Crippen LogP contribution is -2.29. The smallest absolute Gasteiger partial charge is 0.300 e. The van der Waals surface area contributed by atoms with Crippen molar-refractivity contribution < 1.29 is 24.5 Å². The summed E-state index contributed by atoms with van der Waals surface area (Å²) in [6.07, 6.45) is 0. The van der Waals surface area contributed by atoms with E-state index < -0.39 is 17.7 Å². The van der Waals surface area contributed by atoms with Gasteiger partial charge in [0.15, 0.2) is 0 Å². The number of rotatable bonds is 4. The van der Waals surface area contributed by atoms with Crippen LogP contribution in [0.5, 0.6) is 11.5 Å². The maximum Gasteiger partial charge on any atom is 0.300 e. The minimum Gasteiger partial charge on any atom is -0.507 e. The first kappa shape index (κ1) is 24.4.